The Morgan fingerprint density at radius 1 is 1.03 bits per heavy atom. The van der Waals surface area contributed by atoms with Gasteiger partial charge < -0.3 is 10.1 Å². The van der Waals surface area contributed by atoms with Crippen LogP contribution in [0.1, 0.15) is 18.1 Å². The Labute approximate surface area is 239 Å². The smallest absolute Gasteiger partial charge is 0.278 e. The maximum Gasteiger partial charge on any atom is 0.278 e. The van der Waals surface area contributed by atoms with E-state index < -0.39 is 0 Å². The van der Waals surface area contributed by atoms with Crippen molar-refractivity contribution in [1.29, 1.82) is 0 Å². The molecule has 0 radical (unpaired) electrons. The van der Waals surface area contributed by atoms with Gasteiger partial charge in [-0.1, -0.05) is 71.6 Å². The average molecular weight is 575 g/mol. The van der Waals surface area contributed by atoms with E-state index in [1.807, 2.05) is 97.3 Å². The molecule has 0 aliphatic heterocycles. The average Bonchev–Trinajstić information content (AvgIpc) is 3.28. The van der Waals surface area contributed by atoms with Crippen LogP contribution in [0.25, 0.3) is 21.7 Å². The summed E-state index contributed by atoms with van der Waals surface area (Å²) in [6, 6.07) is 24.8. The van der Waals surface area contributed by atoms with Gasteiger partial charge in [-0.25, -0.2) is 4.98 Å². The molecule has 0 bridgehead atoms. The highest BCUT2D eigenvalue weighted by Gasteiger charge is 2.20. The van der Waals surface area contributed by atoms with Gasteiger partial charge >= 0.3 is 0 Å². The monoisotopic (exact) mass is 574 g/mol. The number of aryl methyl sites for hydroxylation is 1. The van der Waals surface area contributed by atoms with Crippen LogP contribution in [0.2, 0.25) is 0 Å². The van der Waals surface area contributed by atoms with Gasteiger partial charge in [-0.2, -0.15) is 0 Å². The number of thiazole rings is 1. The lowest BCUT2D eigenvalue weighted by Gasteiger charge is -2.14. The number of nitrogens with one attached hydrogen (secondary N) is 1. The number of aromatic nitrogens is 3. The van der Waals surface area contributed by atoms with Crippen molar-refractivity contribution in [3.8, 4) is 17.1 Å². The van der Waals surface area contributed by atoms with E-state index in [1.54, 1.807) is 4.57 Å². The first-order valence-electron chi connectivity index (χ1n) is 12.4. The number of ether oxygens (including phenoxy) is 1. The molecule has 198 valence electrons. The lowest BCUT2D eigenvalue weighted by Crippen LogP contribution is -2.26. The van der Waals surface area contributed by atoms with Gasteiger partial charge in [0, 0.05) is 6.54 Å². The zero-order chi connectivity index (χ0) is 27.4. The number of carbonyl (C=O) groups excluding carboxylic acids is 1. The molecule has 2 heterocycles. The van der Waals surface area contributed by atoms with Gasteiger partial charge in [0.25, 0.3) is 5.56 Å². The lowest BCUT2D eigenvalue weighted by atomic mass is 10.2. The molecule has 3 aromatic carbocycles. The molecular formula is C29H26N4O3S3. The highest BCUT2D eigenvalue weighted by molar-refractivity contribution is 7.99. The number of amides is 1. The zero-order valence-electron chi connectivity index (χ0n) is 21.4. The summed E-state index contributed by atoms with van der Waals surface area (Å²) in [6.45, 7) is 4.88. The molecule has 0 spiro atoms. The Kier molecular flexibility index (Phi) is 8.25. The number of hydrogen-bond acceptors (Lipinski definition) is 7. The first-order chi connectivity index (χ1) is 19.0. The summed E-state index contributed by atoms with van der Waals surface area (Å²) < 4.78 is 9.94. The summed E-state index contributed by atoms with van der Waals surface area (Å²) in [4.78, 5) is 31.6. The number of hydrogen-bond donors (Lipinski definition) is 1. The van der Waals surface area contributed by atoms with Crippen LogP contribution in [0.3, 0.4) is 0 Å². The second-order valence-corrected chi connectivity index (χ2v) is 11.2. The molecule has 7 nitrogen and oxygen atoms in total. The molecule has 2 aromatic heterocycles. The van der Waals surface area contributed by atoms with Gasteiger partial charge in [-0.15, -0.1) is 0 Å². The third kappa shape index (κ3) is 5.83. The molecule has 0 atom stereocenters. The van der Waals surface area contributed by atoms with E-state index >= 15 is 0 Å². The molecule has 1 amide bonds. The topological polar surface area (TPSA) is 78.2 Å². The lowest BCUT2D eigenvalue weighted by molar-refractivity contribution is -0.118. The van der Waals surface area contributed by atoms with Crippen molar-refractivity contribution in [3.63, 3.8) is 0 Å². The molecule has 39 heavy (non-hydrogen) atoms. The molecule has 0 aliphatic carbocycles. The minimum Gasteiger partial charge on any atom is -0.494 e. The number of fused-ring (bicyclic) bond motifs is 1. The highest BCUT2D eigenvalue weighted by Crippen LogP contribution is 2.29. The number of nitrogens with zero attached hydrogens (tertiary/aromatic N) is 3. The van der Waals surface area contributed by atoms with E-state index in [-0.39, 0.29) is 17.2 Å². The van der Waals surface area contributed by atoms with E-state index in [4.69, 9.17) is 21.9 Å². The normalized spacial score (nSPS) is 11.0. The van der Waals surface area contributed by atoms with Gasteiger partial charge in [-0.05, 0) is 67.5 Å². The Hall–Kier alpha value is -3.73. The maximum absolute atomic E-state index is 13.9. The summed E-state index contributed by atoms with van der Waals surface area (Å²) in [6.07, 6.45) is 0. The number of thioether (sulfide) groups is 1. The van der Waals surface area contributed by atoms with Crippen molar-refractivity contribution in [2.75, 3.05) is 12.4 Å². The molecule has 10 heteroatoms. The van der Waals surface area contributed by atoms with Crippen molar-refractivity contribution in [2.45, 2.75) is 25.5 Å². The Balaban J connectivity index is 1.56. The summed E-state index contributed by atoms with van der Waals surface area (Å²) >= 11 is 8.14. The van der Waals surface area contributed by atoms with E-state index in [1.165, 1.54) is 23.1 Å². The molecule has 5 rings (SSSR count). The third-order valence-electron chi connectivity index (χ3n) is 6.00. The quantitative estimate of drug-likeness (QED) is 0.131. The first-order valence-corrected chi connectivity index (χ1v) is 14.6. The fourth-order valence-corrected chi connectivity index (χ4v) is 6.25. The van der Waals surface area contributed by atoms with E-state index in [9.17, 15) is 9.59 Å². The molecule has 5 aromatic rings. The predicted octanol–water partition coefficient (Wildman–Crippen LogP) is 6.08. The van der Waals surface area contributed by atoms with Crippen LogP contribution in [0.5, 0.6) is 5.75 Å². The fraction of sp³-hybridized carbons (Fsp3) is 0.172. The number of rotatable bonds is 9. The Morgan fingerprint density at radius 2 is 1.74 bits per heavy atom. The highest BCUT2D eigenvalue weighted by atomic mass is 32.2. The van der Waals surface area contributed by atoms with Gasteiger partial charge in [0.1, 0.15) is 10.4 Å². The molecule has 0 saturated heterocycles. The fourth-order valence-electron chi connectivity index (χ4n) is 4.12. The van der Waals surface area contributed by atoms with Crippen molar-refractivity contribution >= 4 is 51.6 Å². The van der Waals surface area contributed by atoms with Crippen LogP contribution in [-0.4, -0.2) is 32.4 Å². The van der Waals surface area contributed by atoms with E-state index in [2.05, 4.69) is 5.32 Å². The summed E-state index contributed by atoms with van der Waals surface area (Å²) in [5.74, 6) is 0.647. The summed E-state index contributed by atoms with van der Waals surface area (Å²) in [7, 11) is 0. The second-order valence-electron chi connectivity index (χ2n) is 8.66. The van der Waals surface area contributed by atoms with Crippen molar-refractivity contribution in [2.24, 2.45) is 0 Å². The minimum atomic E-state index is -0.236. The van der Waals surface area contributed by atoms with Crippen LogP contribution in [0.15, 0.2) is 88.8 Å². The van der Waals surface area contributed by atoms with Crippen LogP contribution in [0, 0.1) is 10.9 Å². The van der Waals surface area contributed by atoms with Gasteiger partial charge in [0.15, 0.2) is 14.8 Å². The van der Waals surface area contributed by atoms with E-state index in [0.717, 1.165) is 16.8 Å². The molecule has 0 fully saturated rings. The minimum absolute atomic E-state index is 0.0943. The summed E-state index contributed by atoms with van der Waals surface area (Å²) in [5.41, 5.74) is 3.78. The third-order valence-corrected chi connectivity index (χ3v) is 8.29. The van der Waals surface area contributed by atoms with Crippen LogP contribution in [0.4, 0.5) is 0 Å². The first kappa shape index (κ1) is 26.9. The zero-order valence-corrected chi connectivity index (χ0v) is 23.9. The van der Waals surface area contributed by atoms with Crippen molar-refractivity contribution < 1.29 is 9.53 Å². The molecule has 0 saturated carbocycles. The Morgan fingerprint density at radius 3 is 2.46 bits per heavy atom. The Bertz CT molecular complexity index is 1740. The van der Waals surface area contributed by atoms with Crippen molar-refractivity contribution in [3.05, 3.63) is 104 Å². The van der Waals surface area contributed by atoms with Crippen LogP contribution < -0.4 is 15.6 Å². The standard InChI is InChI=1S/C29H26N4O3S3/c1-3-36-22-15-13-21(14-16-22)32-27(35)25-26(33(29(37)39-25)23-12-8-7-9-19(23)2)31-28(32)38-18-24(34)30-17-20-10-5-4-6-11-20/h4-16H,3,17-18H2,1-2H3,(H,30,34). The second kappa shape index (κ2) is 12.0. The molecule has 0 aliphatic rings. The van der Waals surface area contributed by atoms with Gasteiger partial charge in [0.05, 0.1) is 23.7 Å². The number of benzene rings is 3. The van der Waals surface area contributed by atoms with E-state index in [0.29, 0.717) is 44.0 Å². The molecule has 0 unspecified atom stereocenters. The van der Waals surface area contributed by atoms with Crippen LogP contribution >= 0.6 is 35.3 Å². The van der Waals surface area contributed by atoms with Gasteiger partial charge in [0.2, 0.25) is 5.91 Å². The van der Waals surface area contributed by atoms with Crippen LogP contribution in [-0.2, 0) is 11.3 Å². The van der Waals surface area contributed by atoms with Gasteiger partial charge in [-0.3, -0.25) is 18.7 Å². The number of carbonyl (C=O) groups is 1. The SMILES string of the molecule is CCOc1ccc(-n2c(SCC(=O)NCc3ccccc3)nc3c(sc(=S)n3-c3ccccc3C)c2=O)cc1. The largest absolute Gasteiger partial charge is 0.494 e. The summed E-state index contributed by atoms with van der Waals surface area (Å²) in [5, 5.41) is 3.34. The number of para-hydroxylation sites is 1. The maximum atomic E-state index is 13.9. The molecule has 1 N–H and O–H groups in total. The predicted molar refractivity (Wildman–Crippen MR) is 160 cm³/mol. The molecular weight excluding hydrogens is 549 g/mol. The van der Waals surface area contributed by atoms with Crippen molar-refractivity contribution in [1.82, 2.24) is 19.4 Å².